The molecule has 1 unspecified atom stereocenters. The number of nitrogens with one attached hydrogen (secondary N) is 4. The lowest BCUT2D eigenvalue weighted by Crippen LogP contribution is -2.20. The van der Waals surface area contributed by atoms with Crippen LogP contribution in [-0.4, -0.2) is 16.2 Å². The molecular formula is C21H18F2N4O2S. The summed E-state index contributed by atoms with van der Waals surface area (Å²) in [6.07, 6.45) is 0. The zero-order chi connectivity index (χ0) is 21.5. The summed E-state index contributed by atoms with van der Waals surface area (Å²) in [6.45, 7) is 0.108. The zero-order valence-corrected chi connectivity index (χ0v) is 16.4. The number of hydrogen-bond donors (Lipinski definition) is 4. The highest BCUT2D eigenvalue weighted by atomic mass is 32.2. The topological polar surface area (TPSA) is 94.1 Å². The standard InChI is InChI=1S/C21H18F2N4O2S/c22-19-7-2-1-4-15(19)13-25-30(29)18-10-8-16(9-11-18)26-21(28)27-17-6-3-5-14(12-17)20(23)24/h1-12,24-25H,13H2,(H2,26,27,28). The number of halogens is 2. The van der Waals surface area contributed by atoms with Gasteiger partial charge in [0.05, 0.1) is 4.90 Å². The molecule has 0 saturated heterocycles. The number of rotatable bonds is 7. The van der Waals surface area contributed by atoms with Gasteiger partial charge in [-0.2, -0.15) is 4.39 Å². The molecule has 0 radical (unpaired) electrons. The Morgan fingerprint density at radius 1 is 0.933 bits per heavy atom. The van der Waals surface area contributed by atoms with Crippen molar-refractivity contribution in [3.05, 3.63) is 89.7 Å². The molecule has 0 aliphatic heterocycles. The Labute approximate surface area is 174 Å². The molecule has 30 heavy (non-hydrogen) atoms. The molecule has 2 amide bonds. The van der Waals surface area contributed by atoms with Crippen LogP contribution in [0, 0.1) is 11.2 Å². The minimum atomic E-state index is -1.55. The third kappa shape index (κ3) is 5.79. The lowest BCUT2D eigenvalue weighted by Gasteiger charge is -2.09. The lowest BCUT2D eigenvalue weighted by molar-refractivity contribution is 0.262. The van der Waals surface area contributed by atoms with E-state index in [9.17, 15) is 17.8 Å². The monoisotopic (exact) mass is 428 g/mol. The fourth-order valence-corrected chi connectivity index (χ4v) is 3.39. The van der Waals surface area contributed by atoms with Crippen LogP contribution in [0.4, 0.5) is 25.0 Å². The van der Waals surface area contributed by atoms with Gasteiger partial charge in [0, 0.05) is 29.0 Å². The number of amides is 2. The second-order valence-electron chi connectivity index (χ2n) is 6.18. The normalized spacial score (nSPS) is 11.5. The minimum absolute atomic E-state index is 0.0579. The average Bonchev–Trinajstić information content (AvgIpc) is 2.73. The van der Waals surface area contributed by atoms with Gasteiger partial charge < -0.3 is 10.6 Å². The van der Waals surface area contributed by atoms with Crippen LogP contribution >= 0.6 is 0 Å². The number of anilines is 2. The molecule has 3 aromatic rings. The summed E-state index contributed by atoms with van der Waals surface area (Å²) in [5.74, 6) is -1.47. The first kappa shape index (κ1) is 21.3. The summed E-state index contributed by atoms with van der Waals surface area (Å²) < 4.78 is 41.7. The maximum absolute atomic E-state index is 13.6. The number of hydrogen-bond acceptors (Lipinski definition) is 3. The molecule has 9 heteroatoms. The van der Waals surface area contributed by atoms with Crippen molar-refractivity contribution in [2.75, 3.05) is 10.6 Å². The van der Waals surface area contributed by atoms with Gasteiger partial charge in [0.15, 0.2) is 0 Å². The Balaban J connectivity index is 1.55. The number of benzene rings is 3. The van der Waals surface area contributed by atoms with E-state index in [2.05, 4.69) is 15.4 Å². The predicted molar refractivity (Wildman–Crippen MR) is 113 cm³/mol. The smallest absolute Gasteiger partial charge is 0.308 e. The van der Waals surface area contributed by atoms with Crippen LogP contribution in [0.1, 0.15) is 11.1 Å². The predicted octanol–water partition coefficient (Wildman–Crippen LogP) is 4.58. The second kappa shape index (κ2) is 9.86. The van der Waals surface area contributed by atoms with E-state index in [-0.39, 0.29) is 17.9 Å². The molecule has 0 saturated carbocycles. The van der Waals surface area contributed by atoms with E-state index in [1.165, 1.54) is 24.3 Å². The van der Waals surface area contributed by atoms with Gasteiger partial charge in [-0.05, 0) is 42.5 Å². The van der Waals surface area contributed by atoms with E-state index >= 15 is 0 Å². The van der Waals surface area contributed by atoms with Crippen LogP contribution in [0.3, 0.4) is 0 Å². The summed E-state index contributed by atoms with van der Waals surface area (Å²) in [5.41, 5.74) is 1.26. The quantitative estimate of drug-likeness (QED) is 0.415. The molecule has 3 aromatic carbocycles. The van der Waals surface area contributed by atoms with E-state index in [0.717, 1.165) is 0 Å². The summed E-state index contributed by atoms with van der Waals surface area (Å²) in [4.78, 5) is 12.6. The van der Waals surface area contributed by atoms with Gasteiger partial charge in [0.2, 0.25) is 5.97 Å². The molecule has 6 nitrogen and oxygen atoms in total. The van der Waals surface area contributed by atoms with E-state index in [4.69, 9.17) is 5.41 Å². The molecule has 3 rings (SSSR count). The fourth-order valence-electron chi connectivity index (χ4n) is 2.56. The van der Waals surface area contributed by atoms with Crippen molar-refractivity contribution in [3.8, 4) is 0 Å². The molecule has 0 aliphatic rings. The van der Waals surface area contributed by atoms with Crippen LogP contribution in [-0.2, 0) is 17.5 Å². The van der Waals surface area contributed by atoms with Gasteiger partial charge in [-0.25, -0.2) is 18.1 Å². The summed E-state index contributed by atoms with van der Waals surface area (Å²) in [6, 6.07) is 17.8. The van der Waals surface area contributed by atoms with Crippen LogP contribution in [0.25, 0.3) is 0 Å². The van der Waals surface area contributed by atoms with E-state index in [1.54, 1.807) is 48.5 Å². The van der Waals surface area contributed by atoms with Crippen molar-refractivity contribution in [2.45, 2.75) is 11.4 Å². The van der Waals surface area contributed by atoms with Crippen molar-refractivity contribution in [1.29, 1.82) is 5.41 Å². The Kier molecular flexibility index (Phi) is 6.99. The van der Waals surface area contributed by atoms with Gasteiger partial charge >= 0.3 is 6.03 Å². The molecule has 0 aliphatic carbocycles. The van der Waals surface area contributed by atoms with Gasteiger partial charge in [-0.3, -0.25) is 5.41 Å². The third-order valence-corrected chi connectivity index (χ3v) is 5.16. The number of urea groups is 1. The molecule has 154 valence electrons. The van der Waals surface area contributed by atoms with Crippen molar-refractivity contribution < 1.29 is 17.8 Å². The molecular weight excluding hydrogens is 410 g/mol. The zero-order valence-electron chi connectivity index (χ0n) is 15.6. The number of carbonyl (C=O) groups excluding carboxylic acids is 1. The Hall–Kier alpha value is -3.43. The van der Waals surface area contributed by atoms with Gasteiger partial charge in [-0.15, -0.1) is 0 Å². The summed E-state index contributed by atoms with van der Waals surface area (Å²) in [5, 5.41) is 12.1. The molecule has 0 bridgehead atoms. The molecule has 4 N–H and O–H groups in total. The molecule has 0 fully saturated rings. The van der Waals surface area contributed by atoms with Gasteiger partial charge in [0.1, 0.15) is 16.8 Å². The van der Waals surface area contributed by atoms with Crippen molar-refractivity contribution in [1.82, 2.24) is 4.72 Å². The van der Waals surface area contributed by atoms with Gasteiger partial charge in [-0.1, -0.05) is 30.3 Å². The van der Waals surface area contributed by atoms with Crippen LogP contribution in [0.2, 0.25) is 0 Å². The molecule has 1 atom stereocenters. The number of carbonyl (C=O) groups is 1. The highest BCUT2D eigenvalue weighted by Gasteiger charge is 2.08. The SMILES string of the molecule is N=C(F)c1cccc(NC(=O)Nc2ccc(S(=O)NCc3ccccc3F)cc2)c1. The Morgan fingerprint density at radius 3 is 2.33 bits per heavy atom. The molecule has 0 aromatic heterocycles. The maximum Gasteiger partial charge on any atom is 0.323 e. The summed E-state index contributed by atoms with van der Waals surface area (Å²) >= 11 is 0. The minimum Gasteiger partial charge on any atom is -0.308 e. The molecule has 0 heterocycles. The first-order chi connectivity index (χ1) is 14.4. The van der Waals surface area contributed by atoms with Crippen molar-refractivity contribution in [3.63, 3.8) is 0 Å². The van der Waals surface area contributed by atoms with E-state index in [1.807, 2.05) is 0 Å². The van der Waals surface area contributed by atoms with E-state index in [0.29, 0.717) is 21.8 Å². The maximum atomic E-state index is 13.6. The van der Waals surface area contributed by atoms with Crippen molar-refractivity contribution in [2.24, 2.45) is 0 Å². The summed E-state index contributed by atoms with van der Waals surface area (Å²) in [7, 11) is -1.55. The first-order valence-electron chi connectivity index (χ1n) is 8.83. The third-order valence-electron chi connectivity index (χ3n) is 4.05. The fraction of sp³-hybridized carbons (Fsp3) is 0.0476. The highest BCUT2D eigenvalue weighted by molar-refractivity contribution is 7.83. The second-order valence-corrected chi connectivity index (χ2v) is 7.48. The first-order valence-corrected chi connectivity index (χ1v) is 9.98. The Bertz CT molecular complexity index is 1090. The lowest BCUT2D eigenvalue weighted by atomic mass is 10.2. The van der Waals surface area contributed by atoms with Crippen LogP contribution < -0.4 is 15.4 Å². The molecule has 0 spiro atoms. The Morgan fingerprint density at radius 2 is 1.63 bits per heavy atom. The highest BCUT2D eigenvalue weighted by Crippen LogP contribution is 2.15. The van der Waals surface area contributed by atoms with Gasteiger partial charge in [0.25, 0.3) is 0 Å². The van der Waals surface area contributed by atoms with E-state index < -0.39 is 23.0 Å². The van der Waals surface area contributed by atoms with Crippen LogP contribution in [0.5, 0.6) is 0 Å². The average molecular weight is 428 g/mol. The van der Waals surface area contributed by atoms with Crippen LogP contribution in [0.15, 0.2) is 77.7 Å². The largest absolute Gasteiger partial charge is 0.323 e. The van der Waals surface area contributed by atoms with Crippen molar-refractivity contribution >= 4 is 34.4 Å².